The molecule has 2 aromatic rings. The summed E-state index contributed by atoms with van der Waals surface area (Å²) < 4.78 is 5.59. The molecule has 0 saturated heterocycles. The van der Waals surface area contributed by atoms with E-state index in [0.29, 0.717) is 24.3 Å². The maximum atomic E-state index is 13.1. The highest BCUT2D eigenvalue weighted by Gasteiger charge is 2.30. The standard InChI is InChI=1S/C28H39N3O6S/c1-7-25(33)31(6)23(17(2)3)15-24(37-19(5)32)27-30-22(16-38-27)26(34)29-21(13-18(4)28(35)36)14-20-11-9-8-10-12-20/h8-12,16-18,21,23-24H,7,13-15H2,1-6H3,(H,29,34)(H,35,36). The third-order valence-electron chi connectivity index (χ3n) is 6.48. The average molecular weight is 546 g/mol. The van der Waals surface area contributed by atoms with Gasteiger partial charge in [0.2, 0.25) is 5.91 Å². The fraction of sp³-hybridized carbons (Fsp3) is 0.536. The number of aromatic nitrogens is 1. The summed E-state index contributed by atoms with van der Waals surface area (Å²) in [5.74, 6) is -2.38. The molecule has 2 amide bonds. The summed E-state index contributed by atoms with van der Waals surface area (Å²) in [4.78, 5) is 55.0. The molecule has 1 heterocycles. The van der Waals surface area contributed by atoms with Gasteiger partial charge in [-0.1, -0.05) is 58.0 Å². The van der Waals surface area contributed by atoms with Crippen LogP contribution in [0.3, 0.4) is 0 Å². The number of hydrogen-bond acceptors (Lipinski definition) is 7. The van der Waals surface area contributed by atoms with E-state index in [1.807, 2.05) is 44.2 Å². The summed E-state index contributed by atoms with van der Waals surface area (Å²) >= 11 is 1.21. The second-order valence-electron chi connectivity index (χ2n) is 9.91. The minimum Gasteiger partial charge on any atom is -0.481 e. The van der Waals surface area contributed by atoms with Crippen LogP contribution in [0.5, 0.6) is 0 Å². The molecule has 10 heteroatoms. The molecule has 1 aromatic heterocycles. The number of thiazole rings is 1. The molecule has 38 heavy (non-hydrogen) atoms. The lowest BCUT2D eigenvalue weighted by Crippen LogP contribution is -2.41. The number of carbonyl (C=O) groups is 4. The molecule has 9 nitrogen and oxygen atoms in total. The van der Waals surface area contributed by atoms with Crippen molar-refractivity contribution in [2.75, 3.05) is 7.05 Å². The van der Waals surface area contributed by atoms with E-state index in [9.17, 15) is 24.3 Å². The lowest BCUT2D eigenvalue weighted by atomic mass is 9.96. The zero-order valence-electron chi connectivity index (χ0n) is 23.0. The predicted octanol–water partition coefficient (Wildman–Crippen LogP) is 4.48. The smallest absolute Gasteiger partial charge is 0.306 e. The summed E-state index contributed by atoms with van der Waals surface area (Å²) in [7, 11) is 1.74. The van der Waals surface area contributed by atoms with Gasteiger partial charge in [0.15, 0.2) is 6.10 Å². The predicted molar refractivity (Wildman–Crippen MR) is 146 cm³/mol. The number of ether oxygens (including phenoxy) is 1. The SMILES string of the molecule is CCC(=O)N(C)C(CC(OC(C)=O)c1nc(C(=O)NC(Cc2ccccc2)CC(C)C(=O)O)cs1)C(C)C. The van der Waals surface area contributed by atoms with Crippen LogP contribution < -0.4 is 5.32 Å². The van der Waals surface area contributed by atoms with E-state index in [0.717, 1.165) is 5.56 Å². The Balaban J connectivity index is 2.24. The number of nitrogens with one attached hydrogen (secondary N) is 1. The van der Waals surface area contributed by atoms with Crippen LogP contribution in [0.25, 0.3) is 0 Å². The van der Waals surface area contributed by atoms with Gasteiger partial charge in [0.25, 0.3) is 5.91 Å². The number of hydrogen-bond donors (Lipinski definition) is 2. The van der Waals surface area contributed by atoms with E-state index < -0.39 is 35.9 Å². The highest BCUT2D eigenvalue weighted by molar-refractivity contribution is 7.09. The van der Waals surface area contributed by atoms with Crippen LogP contribution >= 0.6 is 11.3 Å². The van der Waals surface area contributed by atoms with Crippen molar-refractivity contribution in [1.29, 1.82) is 0 Å². The lowest BCUT2D eigenvalue weighted by molar-refractivity contribution is -0.148. The van der Waals surface area contributed by atoms with E-state index in [2.05, 4.69) is 10.3 Å². The number of carboxylic acid groups (broad SMARTS) is 1. The fourth-order valence-corrected chi connectivity index (χ4v) is 5.19. The molecular formula is C28H39N3O6S. The number of carbonyl (C=O) groups excluding carboxylic acids is 3. The van der Waals surface area contributed by atoms with Crippen LogP contribution in [0.15, 0.2) is 35.7 Å². The monoisotopic (exact) mass is 545 g/mol. The van der Waals surface area contributed by atoms with Gasteiger partial charge in [-0.25, -0.2) is 4.98 Å². The van der Waals surface area contributed by atoms with Gasteiger partial charge >= 0.3 is 11.9 Å². The highest BCUT2D eigenvalue weighted by atomic mass is 32.1. The van der Waals surface area contributed by atoms with Crippen molar-refractivity contribution in [2.45, 2.75) is 78.5 Å². The van der Waals surface area contributed by atoms with Gasteiger partial charge < -0.3 is 20.1 Å². The number of carboxylic acids is 1. The molecule has 208 valence electrons. The first-order chi connectivity index (χ1) is 17.9. The molecule has 0 radical (unpaired) electrons. The van der Waals surface area contributed by atoms with Gasteiger partial charge in [-0.3, -0.25) is 19.2 Å². The van der Waals surface area contributed by atoms with Gasteiger partial charge in [-0.05, 0) is 24.3 Å². The molecule has 4 unspecified atom stereocenters. The van der Waals surface area contributed by atoms with Gasteiger partial charge in [0.1, 0.15) is 10.7 Å². The van der Waals surface area contributed by atoms with Gasteiger partial charge in [0, 0.05) is 44.3 Å². The van der Waals surface area contributed by atoms with Crippen molar-refractivity contribution in [3.63, 3.8) is 0 Å². The molecule has 0 saturated carbocycles. The molecule has 0 fully saturated rings. The normalized spacial score (nSPS) is 14.3. The first kappa shape index (κ1) is 31.0. The Labute approximate surface area is 228 Å². The fourth-order valence-electron chi connectivity index (χ4n) is 4.35. The minimum absolute atomic E-state index is 0.00970. The first-order valence-electron chi connectivity index (χ1n) is 12.9. The average Bonchev–Trinajstić information content (AvgIpc) is 3.36. The van der Waals surface area contributed by atoms with Crippen LogP contribution in [0, 0.1) is 11.8 Å². The Kier molecular flexibility index (Phi) is 11.9. The van der Waals surface area contributed by atoms with Crippen LogP contribution in [0.4, 0.5) is 0 Å². The zero-order chi connectivity index (χ0) is 28.4. The number of nitrogens with zero attached hydrogens (tertiary/aromatic N) is 2. The number of esters is 1. The maximum absolute atomic E-state index is 13.1. The van der Waals surface area contributed by atoms with Crippen LogP contribution in [0.2, 0.25) is 0 Å². The van der Waals surface area contributed by atoms with Crippen molar-refractivity contribution in [1.82, 2.24) is 15.2 Å². The van der Waals surface area contributed by atoms with Crippen molar-refractivity contribution < 1.29 is 29.0 Å². The van der Waals surface area contributed by atoms with Crippen molar-refractivity contribution in [2.24, 2.45) is 11.8 Å². The van der Waals surface area contributed by atoms with Crippen molar-refractivity contribution >= 4 is 35.1 Å². The number of aliphatic carboxylic acids is 1. The lowest BCUT2D eigenvalue weighted by Gasteiger charge is -2.33. The highest BCUT2D eigenvalue weighted by Crippen LogP contribution is 2.30. The van der Waals surface area contributed by atoms with Crippen molar-refractivity contribution in [3.8, 4) is 0 Å². The van der Waals surface area contributed by atoms with Crippen molar-refractivity contribution in [3.05, 3.63) is 52.0 Å². The number of rotatable bonds is 14. The third kappa shape index (κ3) is 9.24. The van der Waals surface area contributed by atoms with Crippen LogP contribution in [0.1, 0.15) is 81.0 Å². The number of amides is 2. The molecular weight excluding hydrogens is 506 g/mol. The second kappa shape index (κ2) is 14.6. The van der Waals surface area contributed by atoms with Crippen LogP contribution in [-0.2, 0) is 25.5 Å². The second-order valence-corrected chi connectivity index (χ2v) is 10.8. The Bertz CT molecular complexity index is 1090. The molecule has 0 aliphatic carbocycles. The van der Waals surface area contributed by atoms with E-state index in [1.165, 1.54) is 18.3 Å². The maximum Gasteiger partial charge on any atom is 0.306 e. The molecule has 2 N–H and O–H groups in total. The van der Waals surface area contributed by atoms with E-state index >= 15 is 0 Å². The Morgan fingerprint density at radius 1 is 1.11 bits per heavy atom. The molecule has 0 spiro atoms. The largest absolute Gasteiger partial charge is 0.481 e. The molecule has 4 atom stereocenters. The molecule has 0 aliphatic heterocycles. The Morgan fingerprint density at radius 2 is 1.76 bits per heavy atom. The topological polar surface area (TPSA) is 126 Å². The molecule has 1 aromatic carbocycles. The summed E-state index contributed by atoms with van der Waals surface area (Å²) in [5.41, 5.74) is 1.15. The van der Waals surface area contributed by atoms with Gasteiger partial charge in [-0.2, -0.15) is 0 Å². The molecule has 0 bridgehead atoms. The summed E-state index contributed by atoms with van der Waals surface area (Å²) in [5, 5.41) is 14.4. The molecule has 0 aliphatic rings. The Morgan fingerprint density at radius 3 is 2.32 bits per heavy atom. The summed E-state index contributed by atoms with van der Waals surface area (Å²) in [6.45, 7) is 8.73. The quantitative estimate of drug-likeness (QED) is 0.335. The van der Waals surface area contributed by atoms with Gasteiger partial charge in [0.05, 0.1) is 5.92 Å². The zero-order valence-corrected chi connectivity index (χ0v) is 23.8. The van der Waals surface area contributed by atoms with Gasteiger partial charge in [-0.15, -0.1) is 11.3 Å². The number of benzene rings is 1. The minimum atomic E-state index is -0.927. The first-order valence-corrected chi connectivity index (χ1v) is 13.8. The Hall–Kier alpha value is -3.27. The van der Waals surface area contributed by atoms with E-state index in [1.54, 1.807) is 31.2 Å². The van der Waals surface area contributed by atoms with E-state index in [-0.39, 0.29) is 30.0 Å². The third-order valence-corrected chi connectivity index (χ3v) is 7.41. The molecule has 2 rings (SSSR count). The van der Waals surface area contributed by atoms with Crippen LogP contribution in [-0.4, -0.2) is 57.9 Å². The van der Waals surface area contributed by atoms with E-state index in [4.69, 9.17) is 4.74 Å². The summed E-state index contributed by atoms with van der Waals surface area (Å²) in [6, 6.07) is 8.94. The summed E-state index contributed by atoms with van der Waals surface area (Å²) in [6.07, 6.45) is 0.734.